The molecule has 2 fully saturated rings. The summed E-state index contributed by atoms with van der Waals surface area (Å²) in [5.41, 5.74) is 1.77. The van der Waals surface area contributed by atoms with Crippen LogP contribution in [0.5, 0.6) is 0 Å². The quantitative estimate of drug-likeness (QED) is 0.779. The zero-order valence-electron chi connectivity index (χ0n) is 16.8. The molecule has 0 aliphatic carbocycles. The number of rotatable bonds is 3. The molecule has 2 saturated heterocycles. The van der Waals surface area contributed by atoms with Gasteiger partial charge in [0.1, 0.15) is 0 Å². The lowest BCUT2D eigenvalue weighted by molar-refractivity contribution is 0.00578. The Morgan fingerprint density at radius 1 is 1.12 bits per heavy atom. The van der Waals surface area contributed by atoms with Crippen LogP contribution < -0.4 is 5.46 Å². The van der Waals surface area contributed by atoms with Crippen LogP contribution in [0.3, 0.4) is 0 Å². The highest BCUT2D eigenvalue weighted by Gasteiger charge is 2.51. The zero-order valence-corrected chi connectivity index (χ0v) is 16.8. The van der Waals surface area contributed by atoms with E-state index in [-0.39, 0.29) is 11.9 Å². The molecule has 0 saturated carbocycles. The van der Waals surface area contributed by atoms with Gasteiger partial charge in [-0.3, -0.25) is 4.79 Å². The summed E-state index contributed by atoms with van der Waals surface area (Å²) in [5, 5.41) is 0. The first-order valence-electron chi connectivity index (χ1n) is 9.43. The van der Waals surface area contributed by atoms with E-state index in [4.69, 9.17) is 14.0 Å². The lowest BCUT2D eigenvalue weighted by Gasteiger charge is -2.32. The Morgan fingerprint density at radius 2 is 1.69 bits per heavy atom. The fraction of sp³-hybridized carbons (Fsp3) is 0.650. The lowest BCUT2D eigenvalue weighted by Crippen LogP contribution is -2.41. The van der Waals surface area contributed by atoms with Crippen molar-refractivity contribution in [3.05, 3.63) is 29.3 Å². The second-order valence-corrected chi connectivity index (χ2v) is 8.42. The van der Waals surface area contributed by atoms with Crippen LogP contribution >= 0.6 is 0 Å². The normalized spacial score (nSPS) is 22.5. The summed E-state index contributed by atoms with van der Waals surface area (Å²) in [5.74, 6) is 0.0489. The summed E-state index contributed by atoms with van der Waals surface area (Å²) in [7, 11) is 1.43. The average molecular weight is 359 g/mol. The maximum Gasteiger partial charge on any atom is 0.494 e. The topological polar surface area (TPSA) is 48.0 Å². The molecule has 0 unspecified atom stereocenters. The van der Waals surface area contributed by atoms with Gasteiger partial charge >= 0.3 is 7.12 Å². The van der Waals surface area contributed by atoms with Gasteiger partial charge in [-0.2, -0.15) is 0 Å². The van der Waals surface area contributed by atoms with Crippen molar-refractivity contribution in [1.29, 1.82) is 0 Å². The van der Waals surface area contributed by atoms with E-state index < -0.39 is 18.3 Å². The summed E-state index contributed by atoms with van der Waals surface area (Å²) in [4.78, 5) is 15.0. The molecule has 2 aliphatic heterocycles. The van der Waals surface area contributed by atoms with Crippen molar-refractivity contribution in [2.75, 3.05) is 20.3 Å². The standard InChI is InChI=1S/C20H30BNO4/c1-14-7-8-15(21-25-19(2,3)20(4,5)26-21)13-17(14)18(23)22(6)16-9-11-24-12-10-16/h7-8,13,16H,9-12H2,1-6H3. The highest BCUT2D eigenvalue weighted by molar-refractivity contribution is 6.62. The summed E-state index contributed by atoms with van der Waals surface area (Å²) in [6.07, 6.45) is 1.77. The molecule has 1 amide bonds. The molecule has 5 nitrogen and oxygen atoms in total. The molecule has 1 aromatic carbocycles. The van der Waals surface area contributed by atoms with Crippen molar-refractivity contribution in [1.82, 2.24) is 4.90 Å². The average Bonchev–Trinajstić information content (AvgIpc) is 2.82. The molecule has 0 N–H and O–H groups in total. The molecule has 0 aromatic heterocycles. The Kier molecular flexibility index (Phi) is 5.21. The zero-order chi connectivity index (χ0) is 19.1. The fourth-order valence-corrected chi connectivity index (χ4v) is 3.42. The van der Waals surface area contributed by atoms with E-state index in [1.165, 1.54) is 0 Å². The molecule has 2 aliphatic rings. The van der Waals surface area contributed by atoms with Crippen molar-refractivity contribution in [2.24, 2.45) is 0 Å². The third-order valence-electron chi connectivity index (χ3n) is 6.08. The molecule has 0 atom stereocenters. The minimum absolute atomic E-state index is 0.0489. The first-order chi connectivity index (χ1) is 12.1. The van der Waals surface area contributed by atoms with E-state index in [2.05, 4.69) is 0 Å². The molecular weight excluding hydrogens is 329 g/mol. The number of amides is 1. The van der Waals surface area contributed by atoms with Crippen LogP contribution in [-0.4, -0.2) is 55.4 Å². The minimum atomic E-state index is -0.458. The van der Waals surface area contributed by atoms with Crippen molar-refractivity contribution < 1.29 is 18.8 Å². The molecule has 1 aromatic rings. The summed E-state index contributed by atoms with van der Waals surface area (Å²) in [6, 6.07) is 6.13. The SMILES string of the molecule is Cc1ccc(B2OC(C)(C)C(C)(C)O2)cc1C(=O)N(C)C1CCOCC1. The van der Waals surface area contributed by atoms with Gasteiger partial charge in [0.05, 0.1) is 11.2 Å². The fourth-order valence-electron chi connectivity index (χ4n) is 3.42. The first kappa shape index (κ1) is 19.4. The Hall–Kier alpha value is -1.37. The lowest BCUT2D eigenvalue weighted by atomic mass is 9.77. The number of ether oxygens (including phenoxy) is 1. The van der Waals surface area contributed by atoms with Crippen LogP contribution in [0, 0.1) is 6.92 Å². The van der Waals surface area contributed by atoms with Crippen molar-refractivity contribution in [2.45, 2.75) is 64.7 Å². The van der Waals surface area contributed by atoms with Gasteiger partial charge < -0.3 is 18.9 Å². The van der Waals surface area contributed by atoms with Crippen LogP contribution in [0.25, 0.3) is 0 Å². The number of benzene rings is 1. The Morgan fingerprint density at radius 3 is 2.27 bits per heavy atom. The van der Waals surface area contributed by atoms with Gasteiger partial charge in [0, 0.05) is 31.9 Å². The highest BCUT2D eigenvalue weighted by Crippen LogP contribution is 2.36. The summed E-state index contributed by atoms with van der Waals surface area (Å²) in [6.45, 7) is 11.5. The molecular formula is C20H30BNO4. The number of aryl methyl sites for hydroxylation is 1. The van der Waals surface area contributed by atoms with Gasteiger partial charge in [-0.05, 0) is 64.6 Å². The monoisotopic (exact) mass is 359 g/mol. The van der Waals surface area contributed by atoms with Gasteiger partial charge in [0.2, 0.25) is 0 Å². The van der Waals surface area contributed by atoms with E-state index in [0.29, 0.717) is 5.56 Å². The molecule has 0 bridgehead atoms. The third-order valence-corrected chi connectivity index (χ3v) is 6.08. The predicted octanol–water partition coefficient (Wildman–Crippen LogP) is 2.55. The molecule has 0 radical (unpaired) electrons. The van der Waals surface area contributed by atoms with Crippen LogP contribution in [0.4, 0.5) is 0 Å². The van der Waals surface area contributed by atoms with E-state index in [9.17, 15) is 4.79 Å². The first-order valence-corrected chi connectivity index (χ1v) is 9.43. The Bertz CT molecular complexity index is 666. The number of nitrogens with zero attached hydrogens (tertiary/aromatic N) is 1. The van der Waals surface area contributed by atoms with Crippen molar-refractivity contribution in [3.8, 4) is 0 Å². The number of hydrogen-bond donors (Lipinski definition) is 0. The number of carbonyl (C=O) groups excluding carboxylic acids is 1. The Balaban J connectivity index is 1.83. The van der Waals surface area contributed by atoms with Crippen molar-refractivity contribution in [3.63, 3.8) is 0 Å². The Labute approximate surface area is 157 Å². The van der Waals surface area contributed by atoms with Gasteiger partial charge in [-0.25, -0.2) is 0 Å². The second kappa shape index (κ2) is 6.99. The van der Waals surface area contributed by atoms with E-state index in [1.54, 1.807) is 0 Å². The van der Waals surface area contributed by atoms with Gasteiger partial charge in [-0.15, -0.1) is 0 Å². The van der Waals surface area contributed by atoms with Gasteiger partial charge in [0.25, 0.3) is 5.91 Å². The highest BCUT2D eigenvalue weighted by atomic mass is 16.7. The molecule has 6 heteroatoms. The van der Waals surface area contributed by atoms with E-state index in [0.717, 1.165) is 37.1 Å². The largest absolute Gasteiger partial charge is 0.494 e. The van der Waals surface area contributed by atoms with E-state index in [1.807, 2.05) is 64.8 Å². The summed E-state index contributed by atoms with van der Waals surface area (Å²) >= 11 is 0. The third kappa shape index (κ3) is 3.55. The van der Waals surface area contributed by atoms with E-state index >= 15 is 0 Å². The predicted molar refractivity (Wildman–Crippen MR) is 103 cm³/mol. The van der Waals surface area contributed by atoms with Gasteiger partial charge in [0.15, 0.2) is 0 Å². The number of carbonyl (C=O) groups is 1. The maximum absolute atomic E-state index is 13.1. The van der Waals surface area contributed by atoms with Crippen LogP contribution in [0.2, 0.25) is 0 Å². The molecule has 142 valence electrons. The molecule has 2 heterocycles. The number of hydrogen-bond acceptors (Lipinski definition) is 4. The van der Waals surface area contributed by atoms with Gasteiger partial charge in [-0.1, -0.05) is 12.1 Å². The molecule has 3 rings (SSSR count). The molecule has 26 heavy (non-hydrogen) atoms. The van der Waals surface area contributed by atoms with Crippen LogP contribution in [-0.2, 0) is 14.0 Å². The van der Waals surface area contributed by atoms with Crippen LogP contribution in [0.15, 0.2) is 18.2 Å². The smallest absolute Gasteiger partial charge is 0.399 e. The van der Waals surface area contributed by atoms with Crippen LogP contribution in [0.1, 0.15) is 56.5 Å². The minimum Gasteiger partial charge on any atom is -0.399 e. The second-order valence-electron chi connectivity index (χ2n) is 8.42. The summed E-state index contributed by atoms with van der Waals surface area (Å²) < 4.78 is 17.7. The maximum atomic E-state index is 13.1. The van der Waals surface area contributed by atoms with Crippen molar-refractivity contribution >= 4 is 18.5 Å². The molecule has 0 spiro atoms.